The molecule has 3 nitrogen and oxygen atoms in total. The molecule has 0 radical (unpaired) electrons. The maximum Gasteiger partial charge on any atom is 0.439 e. The van der Waals surface area contributed by atoms with E-state index in [1.807, 2.05) is 0 Å². The van der Waals surface area contributed by atoms with Crippen LogP contribution in [-0.2, 0) is 4.79 Å². The number of halogens is 9. The van der Waals surface area contributed by atoms with Crippen molar-refractivity contribution in [2.24, 2.45) is 0 Å². The number of alkyl halides is 6. The maximum atomic E-state index is 13.4. The molecule has 0 bridgehead atoms. The first kappa shape index (κ1) is 18.9. The van der Waals surface area contributed by atoms with Crippen LogP contribution in [0.15, 0.2) is 12.1 Å². The van der Waals surface area contributed by atoms with Gasteiger partial charge in [-0.3, -0.25) is 4.79 Å². The van der Waals surface area contributed by atoms with Crippen molar-refractivity contribution in [1.29, 1.82) is 0 Å². The summed E-state index contributed by atoms with van der Waals surface area (Å²) >= 11 is 0. The minimum atomic E-state index is -6.19. The third kappa shape index (κ3) is 3.45. The highest BCUT2D eigenvalue weighted by Crippen LogP contribution is 2.44. The van der Waals surface area contributed by atoms with E-state index in [0.717, 1.165) is 0 Å². The van der Waals surface area contributed by atoms with E-state index in [1.165, 1.54) is 0 Å². The molecule has 0 fully saturated rings. The molecule has 23 heavy (non-hydrogen) atoms. The van der Waals surface area contributed by atoms with E-state index in [2.05, 4.69) is 0 Å². The van der Waals surface area contributed by atoms with Gasteiger partial charge in [0.2, 0.25) is 5.91 Å². The average molecular weight is 354 g/mol. The molecule has 0 spiro atoms. The molecule has 12 heteroatoms. The van der Waals surface area contributed by atoms with Crippen LogP contribution in [0.4, 0.5) is 45.2 Å². The predicted octanol–water partition coefficient (Wildman–Crippen LogP) is 3.47. The second-order valence-electron chi connectivity index (χ2n) is 4.27. The lowest BCUT2D eigenvalue weighted by molar-refractivity contribution is -0.295. The molecule has 1 aromatic carbocycles. The number of hydrogen-bond acceptors (Lipinski definition) is 2. The molecule has 2 N–H and O–H groups in total. The van der Waals surface area contributed by atoms with Gasteiger partial charge >= 0.3 is 18.0 Å². The zero-order valence-corrected chi connectivity index (χ0v) is 11.0. The zero-order valence-electron chi connectivity index (χ0n) is 11.0. The Hall–Kier alpha value is -2.14. The van der Waals surface area contributed by atoms with E-state index in [0.29, 0.717) is 17.6 Å². The fourth-order valence-corrected chi connectivity index (χ4v) is 1.56. The molecule has 0 unspecified atom stereocenters. The second-order valence-corrected chi connectivity index (χ2v) is 4.27. The van der Waals surface area contributed by atoms with Crippen molar-refractivity contribution in [3.05, 3.63) is 29.6 Å². The molecule has 0 aliphatic rings. The Morgan fingerprint density at radius 1 is 0.913 bits per heavy atom. The topological polar surface area (TPSA) is 41.1 Å². The fourth-order valence-electron chi connectivity index (χ4n) is 1.56. The van der Waals surface area contributed by atoms with Gasteiger partial charge in [-0.2, -0.15) is 26.3 Å². The van der Waals surface area contributed by atoms with Gasteiger partial charge in [-0.05, 0) is 12.1 Å². The highest BCUT2D eigenvalue weighted by atomic mass is 19.4. The van der Waals surface area contributed by atoms with Crippen LogP contribution in [0.5, 0.6) is 0 Å². The number of hydrogen-bond donors (Lipinski definition) is 2. The lowest BCUT2D eigenvalue weighted by Crippen LogP contribution is -2.72. The zero-order chi connectivity index (χ0) is 18.2. The van der Waals surface area contributed by atoms with Gasteiger partial charge in [-0.15, -0.1) is 0 Å². The normalized spacial score (nSPS) is 13.0. The summed E-state index contributed by atoms with van der Waals surface area (Å²) in [4.78, 5) is 10.8. The number of nitrogens with one attached hydrogen (secondary N) is 2. The monoisotopic (exact) mass is 354 g/mol. The molecule has 130 valence electrons. The molecule has 1 aromatic rings. The van der Waals surface area contributed by atoms with Gasteiger partial charge in [-0.25, -0.2) is 13.2 Å². The predicted molar refractivity (Wildman–Crippen MR) is 58.6 cm³/mol. The molecule has 1 rings (SSSR count). The number of carbonyl (C=O) groups is 1. The Labute approximate surface area is 122 Å². The van der Waals surface area contributed by atoms with Crippen LogP contribution in [0.2, 0.25) is 0 Å². The van der Waals surface area contributed by atoms with Crippen molar-refractivity contribution in [2.75, 3.05) is 5.32 Å². The largest absolute Gasteiger partial charge is 0.439 e. The third-order valence-electron chi connectivity index (χ3n) is 2.57. The number of amides is 1. The van der Waals surface area contributed by atoms with Gasteiger partial charge in [0.05, 0.1) is 5.69 Å². The Morgan fingerprint density at radius 2 is 1.39 bits per heavy atom. The van der Waals surface area contributed by atoms with Crippen molar-refractivity contribution >= 4 is 11.6 Å². The summed E-state index contributed by atoms with van der Waals surface area (Å²) in [6.45, 7) is 0.357. The molecule has 0 aromatic heterocycles. The Bertz CT molecular complexity index is 595. The van der Waals surface area contributed by atoms with E-state index in [1.54, 1.807) is 0 Å². The highest BCUT2D eigenvalue weighted by Gasteiger charge is 2.72. The molecule has 0 saturated heterocycles. The van der Waals surface area contributed by atoms with E-state index in [4.69, 9.17) is 0 Å². The first-order valence-electron chi connectivity index (χ1n) is 5.57. The number of carbonyl (C=O) groups excluding carboxylic acids is 1. The first-order valence-corrected chi connectivity index (χ1v) is 5.57. The summed E-state index contributed by atoms with van der Waals surface area (Å²) in [7, 11) is 0. The summed E-state index contributed by atoms with van der Waals surface area (Å²) in [6.07, 6.45) is -12.4. The fraction of sp³-hybridized carbons (Fsp3) is 0.364. The van der Waals surface area contributed by atoms with Crippen molar-refractivity contribution in [3.8, 4) is 0 Å². The quantitative estimate of drug-likeness (QED) is 0.496. The van der Waals surface area contributed by atoms with Crippen molar-refractivity contribution in [2.45, 2.75) is 24.9 Å². The number of rotatable bonds is 3. The van der Waals surface area contributed by atoms with Crippen molar-refractivity contribution in [3.63, 3.8) is 0 Å². The van der Waals surface area contributed by atoms with Crippen LogP contribution in [0.25, 0.3) is 0 Å². The molecule has 0 aliphatic heterocycles. The van der Waals surface area contributed by atoms with Gasteiger partial charge in [0.1, 0.15) is 0 Å². The van der Waals surface area contributed by atoms with Crippen molar-refractivity contribution in [1.82, 2.24) is 5.32 Å². The third-order valence-corrected chi connectivity index (χ3v) is 2.57. The molecule has 0 saturated carbocycles. The number of anilines is 1. The minimum Gasteiger partial charge on any atom is -0.345 e. The van der Waals surface area contributed by atoms with Crippen molar-refractivity contribution < 1.29 is 44.3 Å². The molecule has 1 amide bonds. The highest BCUT2D eigenvalue weighted by molar-refractivity contribution is 5.75. The van der Waals surface area contributed by atoms with Gasteiger partial charge in [-0.1, -0.05) is 0 Å². The molecule has 0 atom stereocenters. The first-order chi connectivity index (χ1) is 10.2. The van der Waals surface area contributed by atoms with E-state index < -0.39 is 47.1 Å². The SMILES string of the molecule is CC(=O)NC(Nc1ccc(F)c(F)c1F)(C(F)(F)F)C(F)(F)F. The van der Waals surface area contributed by atoms with Gasteiger partial charge in [0.15, 0.2) is 17.5 Å². The molecular weight excluding hydrogens is 347 g/mol. The lowest BCUT2D eigenvalue weighted by Gasteiger charge is -2.38. The second kappa shape index (κ2) is 5.81. The Morgan fingerprint density at radius 3 is 1.78 bits per heavy atom. The van der Waals surface area contributed by atoms with Crippen LogP contribution in [-0.4, -0.2) is 23.9 Å². The summed E-state index contributed by atoms with van der Waals surface area (Å²) in [5.41, 5.74) is -6.75. The lowest BCUT2D eigenvalue weighted by atomic mass is 10.1. The average Bonchev–Trinajstić information content (AvgIpc) is 2.35. The summed E-state index contributed by atoms with van der Waals surface area (Å²) in [6, 6.07) is 0.244. The van der Waals surface area contributed by atoms with Crippen LogP contribution >= 0.6 is 0 Å². The number of benzene rings is 1. The van der Waals surface area contributed by atoms with Gasteiger partial charge in [0.25, 0.3) is 0 Å². The Balaban J connectivity index is 3.54. The summed E-state index contributed by atoms with van der Waals surface area (Å²) < 4.78 is 117. The molecular formula is C11H7F9N2O. The van der Waals surface area contributed by atoms with Gasteiger partial charge < -0.3 is 10.6 Å². The summed E-state index contributed by atoms with van der Waals surface area (Å²) in [5, 5.41) is 1.28. The van der Waals surface area contributed by atoms with Crippen LogP contribution in [0.3, 0.4) is 0 Å². The van der Waals surface area contributed by atoms with Gasteiger partial charge in [0, 0.05) is 6.92 Å². The summed E-state index contributed by atoms with van der Waals surface area (Å²) in [5.74, 6) is -8.17. The van der Waals surface area contributed by atoms with E-state index in [9.17, 15) is 44.3 Å². The Kier molecular flexibility index (Phi) is 4.78. The smallest absolute Gasteiger partial charge is 0.345 e. The molecule has 0 aliphatic carbocycles. The van der Waals surface area contributed by atoms with Crippen LogP contribution in [0, 0.1) is 17.5 Å². The van der Waals surface area contributed by atoms with Crippen LogP contribution < -0.4 is 10.6 Å². The van der Waals surface area contributed by atoms with Crippen LogP contribution in [0.1, 0.15) is 6.92 Å². The standard InChI is InChI=1S/C11H7F9N2O/c1-4(23)21-9(10(15,16)17,11(18,19)20)22-6-3-2-5(12)7(13)8(6)14/h2-3,22H,1H3,(H,21,23). The maximum absolute atomic E-state index is 13.4. The minimum absolute atomic E-state index is 0.117. The van der Waals surface area contributed by atoms with E-state index >= 15 is 0 Å². The van der Waals surface area contributed by atoms with E-state index in [-0.39, 0.29) is 12.1 Å². The molecule has 0 heterocycles.